The van der Waals surface area contributed by atoms with Crippen LogP contribution in [-0.2, 0) is 14.8 Å². The molecule has 1 aromatic carbocycles. The normalized spacial score (nSPS) is 17.4. The van der Waals surface area contributed by atoms with Crippen molar-refractivity contribution >= 4 is 21.6 Å². The van der Waals surface area contributed by atoms with E-state index in [0.717, 1.165) is 11.3 Å². The lowest BCUT2D eigenvalue weighted by molar-refractivity contribution is -0.117. The first-order chi connectivity index (χ1) is 10.4. The summed E-state index contributed by atoms with van der Waals surface area (Å²) in [6.07, 6.45) is 0. The van der Waals surface area contributed by atoms with Crippen LogP contribution in [0.15, 0.2) is 24.3 Å². The Balaban J connectivity index is 1.84. The van der Waals surface area contributed by atoms with E-state index in [9.17, 15) is 13.2 Å². The van der Waals surface area contributed by atoms with Gasteiger partial charge >= 0.3 is 0 Å². The van der Waals surface area contributed by atoms with Crippen molar-refractivity contribution in [1.82, 2.24) is 9.21 Å². The Kier molecular flexibility index (Phi) is 5.55. The Morgan fingerprint density at radius 1 is 1.18 bits per heavy atom. The highest BCUT2D eigenvalue weighted by atomic mass is 32.2. The molecule has 1 saturated heterocycles. The molecule has 1 amide bonds. The van der Waals surface area contributed by atoms with Gasteiger partial charge in [-0.15, -0.1) is 0 Å². The standard InChI is InChI=1S/C15H23N3O3S/c1-3-22(20,21)18-10-8-17(9-11-18)12-15(19)16-14-7-5-4-6-13(14)2/h4-7H,3,8-12H2,1-2H3,(H,16,19). The lowest BCUT2D eigenvalue weighted by atomic mass is 10.2. The molecule has 1 heterocycles. The summed E-state index contributed by atoms with van der Waals surface area (Å²) in [5, 5.41) is 2.90. The first-order valence-electron chi connectivity index (χ1n) is 7.48. The summed E-state index contributed by atoms with van der Waals surface area (Å²) in [6.45, 7) is 5.96. The number of benzene rings is 1. The van der Waals surface area contributed by atoms with Gasteiger partial charge < -0.3 is 5.32 Å². The van der Waals surface area contributed by atoms with Gasteiger partial charge in [-0.05, 0) is 25.5 Å². The lowest BCUT2D eigenvalue weighted by Crippen LogP contribution is -2.50. The molecular weight excluding hydrogens is 302 g/mol. The van der Waals surface area contributed by atoms with Crippen molar-refractivity contribution in [3.63, 3.8) is 0 Å². The molecule has 0 radical (unpaired) electrons. The fourth-order valence-electron chi connectivity index (χ4n) is 2.45. The van der Waals surface area contributed by atoms with Gasteiger partial charge in [-0.1, -0.05) is 18.2 Å². The van der Waals surface area contributed by atoms with Crippen LogP contribution in [0.4, 0.5) is 5.69 Å². The van der Waals surface area contributed by atoms with Gasteiger partial charge in [0.25, 0.3) is 0 Å². The van der Waals surface area contributed by atoms with E-state index >= 15 is 0 Å². The molecule has 1 N–H and O–H groups in total. The Bertz CT molecular complexity index is 623. The summed E-state index contributed by atoms with van der Waals surface area (Å²) >= 11 is 0. The summed E-state index contributed by atoms with van der Waals surface area (Å²) in [5.74, 6) is 0.0573. The van der Waals surface area contributed by atoms with E-state index < -0.39 is 10.0 Å². The van der Waals surface area contributed by atoms with Gasteiger partial charge in [-0.3, -0.25) is 9.69 Å². The van der Waals surface area contributed by atoms with Crippen LogP contribution >= 0.6 is 0 Å². The van der Waals surface area contributed by atoms with E-state index in [2.05, 4.69) is 5.32 Å². The molecular formula is C15H23N3O3S. The first-order valence-corrected chi connectivity index (χ1v) is 9.09. The Labute approximate surface area is 132 Å². The number of nitrogens with zero attached hydrogens (tertiary/aromatic N) is 2. The number of amides is 1. The molecule has 0 spiro atoms. The fourth-order valence-corrected chi connectivity index (χ4v) is 3.54. The van der Waals surface area contributed by atoms with E-state index in [1.807, 2.05) is 36.1 Å². The second kappa shape index (κ2) is 7.21. The molecule has 2 rings (SSSR count). The quantitative estimate of drug-likeness (QED) is 0.873. The van der Waals surface area contributed by atoms with Gasteiger partial charge in [0.2, 0.25) is 15.9 Å². The molecule has 0 unspecified atom stereocenters. The molecule has 122 valence electrons. The minimum absolute atomic E-state index is 0.0684. The topological polar surface area (TPSA) is 69.7 Å². The number of carbonyl (C=O) groups is 1. The maximum absolute atomic E-state index is 12.1. The Morgan fingerprint density at radius 3 is 2.41 bits per heavy atom. The van der Waals surface area contributed by atoms with Crippen LogP contribution in [0.3, 0.4) is 0 Å². The molecule has 1 aromatic rings. The third-order valence-electron chi connectivity index (χ3n) is 3.88. The van der Waals surface area contributed by atoms with E-state index in [-0.39, 0.29) is 18.2 Å². The number of sulfonamides is 1. The molecule has 0 bridgehead atoms. The number of rotatable bonds is 5. The Morgan fingerprint density at radius 2 is 1.82 bits per heavy atom. The molecule has 0 aliphatic carbocycles. The predicted molar refractivity (Wildman–Crippen MR) is 87.3 cm³/mol. The SMILES string of the molecule is CCS(=O)(=O)N1CCN(CC(=O)Nc2ccccc2C)CC1. The summed E-state index contributed by atoms with van der Waals surface area (Å²) in [4.78, 5) is 14.1. The van der Waals surface area contributed by atoms with E-state index in [1.54, 1.807) is 6.92 Å². The van der Waals surface area contributed by atoms with E-state index in [0.29, 0.717) is 26.2 Å². The number of aryl methyl sites for hydroxylation is 1. The van der Waals surface area contributed by atoms with Crippen LogP contribution in [0.5, 0.6) is 0 Å². The number of para-hydroxylation sites is 1. The zero-order valence-electron chi connectivity index (χ0n) is 13.1. The largest absolute Gasteiger partial charge is 0.325 e. The molecule has 1 aliphatic rings. The van der Waals surface area contributed by atoms with Gasteiger partial charge in [0.05, 0.1) is 12.3 Å². The van der Waals surface area contributed by atoms with Crippen molar-refractivity contribution in [3.8, 4) is 0 Å². The molecule has 0 saturated carbocycles. The van der Waals surface area contributed by atoms with Crippen molar-refractivity contribution in [2.75, 3.05) is 43.8 Å². The minimum atomic E-state index is -3.12. The number of hydrogen-bond acceptors (Lipinski definition) is 4. The number of piperazine rings is 1. The molecule has 6 nitrogen and oxygen atoms in total. The van der Waals surface area contributed by atoms with Crippen LogP contribution < -0.4 is 5.32 Å². The minimum Gasteiger partial charge on any atom is -0.325 e. The van der Waals surface area contributed by atoms with Crippen LogP contribution in [0.1, 0.15) is 12.5 Å². The van der Waals surface area contributed by atoms with Crippen molar-refractivity contribution in [2.45, 2.75) is 13.8 Å². The third kappa shape index (κ3) is 4.28. The number of carbonyl (C=O) groups excluding carboxylic acids is 1. The zero-order valence-corrected chi connectivity index (χ0v) is 13.9. The van der Waals surface area contributed by atoms with Gasteiger partial charge in [0, 0.05) is 31.9 Å². The van der Waals surface area contributed by atoms with E-state index in [1.165, 1.54) is 4.31 Å². The molecule has 1 fully saturated rings. The molecule has 0 atom stereocenters. The van der Waals surface area contributed by atoms with Crippen LogP contribution in [-0.4, -0.2) is 62.0 Å². The molecule has 0 aromatic heterocycles. The molecule has 22 heavy (non-hydrogen) atoms. The number of anilines is 1. The van der Waals surface area contributed by atoms with Crippen molar-refractivity contribution in [1.29, 1.82) is 0 Å². The summed E-state index contributed by atoms with van der Waals surface area (Å²) in [7, 11) is -3.12. The van der Waals surface area contributed by atoms with Gasteiger partial charge in [-0.2, -0.15) is 4.31 Å². The summed E-state index contributed by atoms with van der Waals surface area (Å²) < 4.78 is 25.1. The maximum Gasteiger partial charge on any atom is 0.238 e. The van der Waals surface area contributed by atoms with Crippen LogP contribution in [0.25, 0.3) is 0 Å². The highest BCUT2D eigenvalue weighted by molar-refractivity contribution is 7.89. The predicted octanol–water partition coefficient (Wildman–Crippen LogP) is 0.901. The monoisotopic (exact) mass is 325 g/mol. The number of hydrogen-bond donors (Lipinski definition) is 1. The molecule has 7 heteroatoms. The first kappa shape index (κ1) is 16.9. The van der Waals surface area contributed by atoms with Crippen molar-refractivity contribution in [2.24, 2.45) is 0 Å². The fraction of sp³-hybridized carbons (Fsp3) is 0.533. The summed E-state index contributed by atoms with van der Waals surface area (Å²) in [5.41, 5.74) is 1.84. The number of nitrogens with one attached hydrogen (secondary N) is 1. The van der Waals surface area contributed by atoms with Gasteiger partial charge in [-0.25, -0.2) is 8.42 Å². The average Bonchev–Trinajstić information content (AvgIpc) is 2.50. The van der Waals surface area contributed by atoms with Crippen molar-refractivity contribution in [3.05, 3.63) is 29.8 Å². The van der Waals surface area contributed by atoms with Crippen LogP contribution in [0.2, 0.25) is 0 Å². The Hall–Kier alpha value is -1.44. The van der Waals surface area contributed by atoms with E-state index in [4.69, 9.17) is 0 Å². The van der Waals surface area contributed by atoms with Gasteiger partial charge in [0.15, 0.2) is 0 Å². The summed E-state index contributed by atoms with van der Waals surface area (Å²) in [6, 6.07) is 7.64. The van der Waals surface area contributed by atoms with Crippen LogP contribution in [0, 0.1) is 6.92 Å². The highest BCUT2D eigenvalue weighted by Gasteiger charge is 2.26. The maximum atomic E-state index is 12.1. The van der Waals surface area contributed by atoms with Crippen molar-refractivity contribution < 1.29 is 13.2 Å². The zero-order chi connectivity index (χ0) is 16.2. The average molecular weight is 325 g/mol. The highest BCUT2D eigenvalue weighted by Crippen LogP contribution is 2.13. The third-order valence-corrected chi connectivity index (χ3v) is 5.76. The molecule has 1 aliphatic heterocycles. The smallest absolute Gasteiger partial charge is 0.238 e. The second-order valence-electron chi connectivity index (χ2n) is 5.44. The second-order valence-corrected chi connectivity index (χ2v) is 7.70. The lowest BCUT2D eigenvalue weighted by Gasteiger charge is -2.33. The van der Waals surface area contributed by atoms with Gasteiger partial charge in [0.1, 0.15) is 0 Å².